The Hall–Kier alpha value is -0.970. The van der Waals surface area contributed by atoms with E-state index < -0.39 is 6.10 Å². The van der Waals surface area contributed by atoms with Crippen molar-refractivity contribution in [1.29, 1.82) is 0 Å². The van der Waals surface area contributed by atoms with Gasteiger partial charge in [-0.3, -0.25) is 0 Å². The predicted molar refractivity (Wildman–Crippen MR) is 81.5 cm³/mol. The van der Waals surface area contributed by atoms with E-state index in [4.69, 9.17) is 4.74 Å². The van der Waals surface area contributed by atoms with Crippen molar-refractivity contribution in [1.82, 2.24) is 4.90 Å². The summed E-state index contributed by atoms with van der Waals surface area (Å²) in [6, 6.07) is 6.58. The van der Waals surface area contributed by atoms with Crippen LogP contribution < -0.4 is 0 Å². The second kappa shape index (κ2) is 8.47. The molecule has 4 heteroatoms. The smallest absolute Gasteiger partial charge is 0.128 e. The lowest BCUT2D eigenvalue weighted by Crippen LogP contribution is -2.36. The van der Waals surface area contributed by atoms with Gasteiger partial charge >= 0.3 is 0 Å². The molecule has 0 aromatic heterocycles. The second-order valence-corrected chi connectivity index (χ2v) is 5.96. The fourth-order valence-corrected chi connectivity index (χ4v) is 2.51. The van der Waals surface area contributed by atoms with Crippen LogP contribution in [0, 0.1) is 11.7 Å². The zero-order valence-electron chi connectivity index (χ0n) is 12.8. The zero-order valence-corrected chi connectivity index (χ0v) is 12.8. The van der Waals surface area contributed by atoms with Gasteiger partial charge in [0.1, 0.15) is 5.82 Å². The van der Waals surface area contributed by atoms with Crippen LogP contribution in [0.2, 0.25) is 0 Å². The summed E-state index contributed by atoms with van der Waals surface area (Å²) >= 11 is 0. The molecule has 0 bridgehead atoms. The molecule has 1 aliphatic carbocycles. The van der Waals surface area contributed by atoms with Gasteiger partial charge in [0, 0.05) is 18.7 Å². The fourth-order valence-electron chi connectivity index (χ4n) is 2.51. The van der Waals surface area contributed by atoms with E-state index in [2.05, 4.69) is 11.8 Å². The van der Waals surface area contributed by atoms with Crippen molar-refractivity contribution in [3.63, 3.8) is 0 Å². The number of ether oxygens (including phenoxy) is 1. The van der Waals surface area contributed by atoms with Crippen molar-refractivity contribution in [2.75, 3.05) is 26.2 Å². The third kappa shape index (κ3) is 6.12. The molecule has 1 fully saturated rings. The van der Waals surface area contributed by atoms with Crippen LogP contribution in [0.5, 0.6) is 0 Å². The van der Waals surface area contributed by atoms with Gasteiger partial charge < -0.3 is 14.7 Å². The molecular weight excluding hydrogens is 269 g/mol. The minimum absolute atomic E-state index is 0.208. The van der Waals surface area contributed by atoms with E-state index >= 15 is 0 Å². The third-order valence-electron chi connectivity index (χ3n) is 3.75. The highest BCUT2D eigenvalue weighted by Gasteiger charge is 2.24. The number of halogens is 1. The van der Waals surface area contributed by atoms with E-state index in [0.717, 1.165) is 25.4 Å². The van der Waals surface area contributed by atoms with Gasteiger partial charge in [-0.1, -0.05) is 25.1 Å². The largest absolute Gasteiger partial charge is 0.389 e. The van der Waals surface area contributed by atoms with Gasteiger partial charge in [-0.15, -0.1) is 0 Å². The first kappa shape index (κ1) is 16.4. The quantitative estimate of drug-likeness (QED) is 0.720. The maximum Gasteiger partial charge on any atom is 0.128 e. The number of aliphatic hydroxyl groups is 1. The van der Waals surface area contributed by atoms with Crippen LogP contribution in [0.15, 0.2) is 24.3 Å². The number of hydrogen-bond donors (Lipinski definition) is 1. The summed E-state index contributed by atoms with van der Waals surface area (Å²) in [7, 11) is 0. The summed E-state index contributed by atoms with van der Waals surface area (Å²) in [5.74, 6) is 0.566. The summed E-state index contributed by atoms with van der Waals surface area (Å²) in [5.41, 5.74) is 0.535. The first-order valence-electron chi connectivity index (χ1n) is 7.90. The molecule has 0 saturated heterocycles. The van der Waals surface area contributed by atoms with E-state index in [1.807, 2.05) is 0 Å². The van der Waals surface area contributed by atoms with Gasteiger partial charge in [0.15, 0.2) is 0 Å². The van der Waals surface area contributed by atoms with Crippen LogP contribution in [0.25, 0.3) is 0 Å². The maximum absolute atomic E-state index is 13.4. The molecule has 1 aliphatic rings. The van der Waals surface area contributed by atoms with Gasteiger partial charge in [-0.05, 0) is 37.8 Å². The molecule has 3 nitrogen and oxygen atoms in total. The van der Waals surface area contributed by atoms with E-state index in [9.17, 15) is 9.50 Å². The van der Waals surface area contributed by atoms with Gasteiger partial charge in [0.2, 0.25) is 0 Å². The summed E-state index contributed by atoms with van der Waals surface area (Å²) in [6.07, 6.45) is 3.22. The molecule has 1 saturated carbocycles. The summed E-state index contributed by atoms with van der Waals surface area (Å²) in [6.45, 7) is 5.35. The van der Waals surface area contributed by atoms with Crippen LogP contribution in [-0.4, -0.2) is 42.4 Å². The van der Waals surface area contributed by atoms with E-state index in [0.29, 0.717) is 12.1 Å². The van der Waals surface area contributed by atoms with Crippen molar-refractivity contribution >= 4 is 0 Å². The molecule has 1 atom stereocenters. The Balaban J connectivity index is 1.68. The summed E-state index contributed by atoms with van der Waals surface area (Å²) < 4.78 is 18.9. The van der Waals surface area contributed by atoms with Crippen LogP contribution in [0.4, 0.5) is 4.39 Å². The summed E-state index contributed by atoms with van der Waals surface area (Å²) in [5, 5.41) is 10.1. The predicted octanol–water partition coefficient (Wildman–Crippen LogP) is 2.83. The molecule has 0 spiro atoms. The average molecular weight is 295 g/mol. The molecule has 0 unspecified atom stereocenters. The molecule has 2 rings (SSSR count). The average Bonchev–Trinajstić information content (AvgIpc) is 3.25. The molecule has 1 aromatic rings. The Bertz CT molecular complexity index is 423. The van der Waals surface area contributed by atoms with Crippen LogP contribution in [-0.2, 0) is 11.3 Å². The standard InChI is InChI=1S/C17H26FNO2/c1-2-9-19(10-14-7-8-14)11-16(20)13-21-12-15-5-3-4-6-17(15)18/h3-6,14,16,20H,2,7-13H2,1H3/t16-/m1/s1. The minimum Gasteiger partial charge on any atom is -0.389 e. The van der Waals surface area contributed by atoms with E-state index in [-0.39, 0.29) is 19.0 Å². The van der Waals surface area contributed by atoms with Crippen molar-refractivity contribution in [2.45, 2.75) is 38.9 Å². The number of benzene rings is 1. The third-order valence-corrected chi connectivity index (χ3v) is 3.75. The fraction of sp³-hybridized carbons (Fsp3) is 0.647. The van der Waals surface area contributed by atoms with Crippen molar-refractivity contribution in [3.05, 3.63) is 35.6 Å². The highest BCUT2D eigenvalue weighted by molar-refractivity contribution is 5.16. The second-order valence-electron chi connectivity index (χ2n) is 5.96. The van der Waals surface area contributed by atoms with Crippen molar-refractivity contribution in [2.24, 2.45) is 5.92 Å². The maximum atomic E-state index is 13.4. The monoisotopic (exact) mass is 295 g/mol. The zero-order chi connectivity index (χ0) is 15.1. The normalized spacial score (nSPS) is 16.4. The molecule has 1 aromatic carbocycles. The Morgan fingerprint density at radius 1 is 1.38 bits per heavy atom. The Morgan fingerprint density at radius 3 is 2.81 bits per heavy atom. The van der Waals surface area contributed by atoms with E-state index in [1.165, 1.54) is 18.9 Å². The number of rotatable bonds is 10. The topological polar surface area (TPSA) is 32.7 Å². The van der Waals surface area contributed by atoms with Gasteiger partial charge in [-0.25, -0.2) is 4.39 Å². The number of nitrogens with zero attached hydrogens (tertiary/aromatic N) is 1. The number of hydrogen-bond acceptors (Lipinski definition) is 3. The first-order valence-corrected chi connectivity index (χ1v) is 7.90. The van der Waals surface area contributed by atoms with Crippen LogP contribution >= 0.6 is 0 Å². The lowest BCUT2D eigenvalue weighted by molar-refractivity contribution is 0.00844. The van der Waals surface area contributed by atoms with Crippen molar-refractivity contribution < 1.29 is 14.2 Å². The van der Waals surface area contributed by atoms with Crippen LogP contribution in [0.1, 0.15) is 31.7 Å². The molecule has 118 valence electrons. The molecule has 1 N–H and O–H groups in total. The van der Waals surface area contributed by atoms with Crippen LogP contribution in [0.3, 0.4) is 0 Å². The molecule has 0 aliphatic heterocycles. The lowest BCUT2D eigenvalue weighted by atomic mass is 10.2. The molecule has 0 radical (unpaired) electrons. The first-order chi connectivity index (χ1) is 10.2. The molecular formula is C17H26FNO2. The minimum atomic E-state index is -0.512. The highest BCUT2D eigenvalue weighted by Crippen LogP contribution is 2.29. The Labute approximate surface area is 126 Å². The molecule has 0 amide bonds. The summed E-state index contributed by atoms with van der Waals surface area (Å²) in [4.78, 5) is 2.31. The van der Waals surface area contributed by atoms with E-state index in [1.54, 1.807) is 18.2 Å². The Morgan fingerprint density at radius 2 is 2.14 bits per heavy atom. The molecule has 21 heavy (non-hydrogen) atoms. The van der Waals surface area contributed by atoms with Gasteiger partial charge in [0.25, 0.3) is 0 Å². The van der Waals surface area contributed by atoms with Crippen molar-refractivity contribution in [3.8, 4) is 0 Å². The number of aliphatic hydroxyl groups excluding tert-OH is 1. The molecule has 0 heterocycles. The van der Waals surface area contributed by atoms with Gasteiger partial charge in [-0.2, -0.15) is 0 Å². The van der Waals surface area contributed by atoms with Gasteiger partial charge in [0.05, 0.1) is 19.3 Å². The Kier molecular flexibility index (Phi) is 6.61. The lowest BCUT2D eigenvalue weighted by Gasteiger charge is -2.24. The highest BCUT2D eigenvalue weighted by atomic mass is 19.1. The SMILES string of the molecule is CCCN(CC1CC1)C[C@@H](O)COCc1ccccc1F.